The van der Waals surface area contributed by atoms with Gasteiger partial charge >= 0.3 is 17.9 Å². The molecule has 0 heterocycles. The maximum Gasteiger partial charge on any atom is 0.347 e. The molecule has 0 saturated heterocycles. The zero-order chi connectivity index (χ0) is 23.3. The summed E-state index contributed by atoms with van der Waals surface area (Å²) in [5.41, 5.74) is 0. The highest BCUT2D eigenvalue weighted by molar-refractivity contribution is 5.78. The van der Waals surface area contributed by atoms with Crippen molar-refractivity contribution in [3.05, 3.63) is 36.5 Å². The first-order chi connectivity index (χ1) is 14.9. The molecule has 0 aromatic heterocycles. The molecular weight excluding hydrogens is 396 g/mol. The van der Waals surface area contributed by atoms with Gasteiger partial charge in [-0.1, -0.05) is 56.2 Å². The van der Waals surface area contributed by atoms with Crippen LogP contribution < -0.4 is 0 Å². The van der Waals surface area contributed by atoms with Crippen molar-refractivity contribution in [2.75, 3.05) is 6.61 Å². The van der Waals surface area contributed by atoms with Gasteiger partial charge in [0.2, 0.25) is 0 Å². The Labute approximate surface area is 187 Å². The van der Waals surface area contributed by atoms with Gasteiger partial charge in [0.15, 0.2) is 6.10 Å². The molecule has 6 heteroatoms. The molecule has 0 aliphatic rings. The summed E-state index contributed by atoms with van der Waals surface area (Å²) in [4.78, 5) is 34.4. The van der Waals surface area contributed by atoms with E-state index in [0.29, 0.717) is 6.42 Å². The van der Waals surface area contributed by atoms with Crippen LogP contribution in [-0.4, -0.2) is 36.7 Å². The molecule has 31 heavy (non-hydrogen) atoms. The number of hydrogen-bond acceptors (Lipinski definition) is 6. The van der Waals surface area contributed by atoms with Gasteiger partial charge in [-0.25, -0.2) is 4.79 Å². The zero-order valence-corrected chi connectivity index (χ0v) is 19.6. The number of carbonyl (C=O) groups is 3. The molecule has 0 radical (unpaired) electrons. The van der Waals surface area contributed by atoms with E-state index in [1.807, 2.05) is 0 Å². The molecule has 0 aromatic rings. The summed E-state index contributed by atoms with van der Waals surface area (Å²) in [6, 6.07) is 0. The quantitative estimate of drug-likeness (QED) is 0.128. The second-order valence-electron chi connectivity index (χ2n) is 7.43. The molecule has 2 unspecified atom stereocenters. The standard InChI is InChI=1S/C25H40O6/c1-5-6-7-8-9-10-11-12-13-14-15-16-17-18-19-24(31-23(4)27)25(28)30-21(2)20-29-22(3)26/h6-7,9-10,12-13,21,24H,5,8,11,14-20H2,1-4H3/b7-6-,10-9-,13-12-. The summed E-state index contributed by atoms with van der Waals surface area (Å²) in [5, 5.41) is 0. The predicted molar refractivity (Wildman–Crippen MR) is 122 cm³/mol. The Bertz CT molecular complexity index is 591. The van der Waals surface area contributed by atoms with Gasteiger partial charge in [0.05, 0.1) is 0 Å². The van der Waals surface area contributed by atoms with E-state index in [2.05, 4.69) is 43.4 Å². The van der Waals surface area contributed by atoms with Crippen LogP contribution in [-0.2, 0) is 28.6 Å². The van der Waals surface area contributed by atoms with Crippen molar-refractivity contribution >= 4 is 17.9 Å². The van der Waals surface area contributed by atoms with Crippen LogP contribution in [0.4, 0.5) is 0 Å². The summed E-state index contributed by atoms with van der Waals surface area (Å²) in [6.07, 6.45) is 19.9. The minimum Gasteiger partial charge on any atom is -0.462 e. The number of rotatable bonds is 17. The summed E-state index contributed by atoms with van der Waals surface area (Å²) in [7, 11) is 0. The Morgan fingerprint density at radius 2 is 1.39 bits per heavy atom. The molecule has 0 bridgehead atoms. The van der Waals surface area contributed by atoms with Crippen molar-refractivity contribution in [1.82, 2.24) is 0 Å². The lowest BCUT2D eigenvalue weighted by Crippen LogP contribution is -2.32. The van der Waals surface area contributed by atoms with E-state index in [-0.39, 0.29) is 6.61 Å². The van der Waals surface area contributed by atoms with E-state index in [0.717, 1.165) is 51.4 Å². The topological polar surface area (TPSA) is 78.9 Å². The highest BCUT2D eigenvalue weighted by atomic mass is 16.6. The van der Waals surface area contributed by atoms with Crippen LogP contribution in [0.1, 0.15) is 85.5 Å². The average molecular weight is 437 g/mol. The van der Waals surface area contributed by atoms with Crippen LogP contribution in [0.5, 0.6) is 0 Å². The molecule has 0 aliphatic carbocycles. The van der Waals surface area contributed by atoms with Crippen molar-refractivity contribution in [2.24, 2.45) is 0 Å². The second-order valence-corrected chi connectivity index (χ2v) is 7.43. The minimum atomic E-state index is -0.920. The summed E-state index contributed by atoms with van der Waals surface area (Å²) < 4.78 is 15.1. The van der Waals surface area contributed by atoms with Crippen molar-refractivity contribution < 1.29 is 28.6 Å². The predicted octanol–water partition coefficient (Wildman–Crippen LogP) is 5.61. The molecule has 176 valence electrons. The van der Waals surface area contributed by atoms with E-state index in [1.54, 1.807) is 6.92 Å². The van der Waals surface area contributed by atoms with Crippen LogP contribution in [0, 0.1) is 0 Å². The molecule has 0 N–H and O–H groups in total. The smallest absolute Gasteiger partial charge is 0.347 e. The molecule has 0 aromatic carbocycles. The number of ether oxygens (including phenoxy) is 3. The van der Waals surface area contributed by atoms with Crippen LogP contribution >= 0.6 is 0 Å². The molecule has 0 saturated carbocycles. The largest absolute Gasteiger partial charge is 0.462 e. The fourth-order valence-corrected chi connectivity index (χ4v) is 2.74. The second kappa shape index (κ2) is 19.6. The zero-order valence-electron chi connectivity index (χ0n) is 19.6. The fourth-order valence-electron chi connectivity index (χ4n) is 2.74. The monoisotopic (exact) mass is 436 g/mol. The lowest BCUT2D eigenvalue weighted by Gasteiger charge is -2.19. The van der Waals surface area contributed by atoms with Crippen molar-refractivity contribution in [1.29, 1.82) is 0 Å². The van der Waals surface area contributed by atoms with Crippen LogP contribution in [0.2, 0.25) is 0 Å². The van der Waals surface area contributed by atoms with Crippen LogP contribution in [0.25, 0.3) is 0 Å². The molecule has 0 rings (SSSR count). The maximum absolute atomic E-state index is 12.2. The van der Waals surface area contributed by atoms with Gasteiger partial charge in [-0.2, -0.15) is 0 Å². The third-order valence-electron chi connectivity index (χ3n) is 4.28. The van der Waals surface area contributed by atoms with E-state index in [9.17, 15) is 14.4 Å². The number of unbranched alkanes of at least 4 members (excludes halogenated alkanes) is 4. The molecule has 6 nitrogen and oxygen atoms in total. The highest BCUT2D eigenvalue weighted by Gasteiger charge is 2.25. The molecule has 0 aliphatic heterocycles. The van der Waals surface area contributed by atoms with Crippen molar-refractivity contribution in [3.8, 4) is 0 Å². The van der Waals surface area contributed by atoms with Gasteiger partial charge in [0.1, 0.15) is 12.7 Å². The summed E-state index contributed by atoms with van der Waals surface area (Å²) in [5.74, 6) is -1.56. The molecule has 0 spiro atoms. The van der Waals surface area contributed by atoms with E-state index in [1.165, 1.54) is 13.8 Å². The Kier molecular flexibility index (Phi) is 18.1. The summed E-state index contributed by atoms with van der Waals surface area (Å²) >= 11 is 0. The lowest BCUT2D eigenvalue weighted by molar-refractivity contribution is -0.173. The van der Waals surface area contributed by atoms with Crippen LogP contribution in [0.3, 0.4) is 0 Å². The van der Waals surface area contributed by atoms with E-state index in [4.69, 9.17) is 14.2 Å². The third-order valence-corrected chi connectivity index (χ3v) is 4.28. The first-order valence-electron chi connectivity index (χ1n) is 11.3. The van der Waals surface area contributed by atoms with Gasteiger partial charge in [-0.15, -0.1) is 0 Å². The third kappa shape index (κ3) is 19.3. The SMILES string of the molecule is CC/C=C\C/C=C\C/C=C\CCCCCCC(OC(C)=O)C(=O)OC(C)COC(C)=O. The molecule has 0 amide bonds. The fraction of sp³-hybridized carbons (Fsp3) is 0.640. The first kappa shape index (κ1) is 28.6. The van der Waals surface area contributed by atoms with E-state index >= 15 is 0 Å². The number of carbonyl (C=O) groups excluding carboxylic acids is 3. The number of esters is 3. The first-order valence-corrected chi connectivity index (χ1v) is 11.3. The molecule has 0 fully saturated rings. The Morgan fingerprint density at radius 3 is 2.00 bits per heavy atom. The van der Waals surface area contributed by atoms with Crippen LogP contribution in [0.15, 0.2) is 36.5 Å². The number of allylic oxidation sites excluding steroid dienone is 6. The van der Waals surface area contributed by atoms with Gasteiger partial charge in [-0.05, 0) is 51.9 Å². The Balaban J connectivity index is 4.01. The van der Waals surface area contributed by atoms with Gasteiger partial charge < -0.3 is 14.2 Å². The molecule has 2 atom stereocenters. The van der Waals surface area contributed by atoms with Crippen molar-refractivity contribution in [2.45, 2.75) is 97.7 Å². The Hall–Kier alpha value is -2.37. The van der Waals surface area contributed by atoms with Gasteiger partial charge in [0.25, 0.3) is 0 Å². The van der Waals surface area contributed by atoms with Gasteiger partial charge in [0, 0.05) is 13.8 Å². The minimum absolute atomic E-state index is 0.0208. The Morgan fingerprint density at radius 1 is 0.774 bits per heavy atom. The lowest BCUT2D eigenvalue weighted by atomic mass is 10.1. The maximum atomic E-state index is 12.2. The normalized spacial score (nSPS) is 13.5. The highest BCUT2D eigenvalue weighted by Crippen LogP contribution is 2.13. The van der Waals surface area contributed by atoms with Crippen molar-refractivity contribution in [3.63, 3.8) is 0 Å². The van der Waals surface area contributed by atoms with E-state index < -0.39 is 30.1 Å². The number of hydrogen-bond donors (Lipinski definition) is 0. The van der Waals surface area contributed by atoms with Gasteiger partial charge in [-0.3, -0.25) is 9.59 Å². The molecular formula is C25H40O6. The summed E-state index contributed by atoms with van der Waals surface area (Å²) in [6.45, 7) is 6.29. The average Bonchev–Trinajstić information content (AvgIpc) is 2.71.